The zero-order chi connectivity index (χ0) is 18.2. The van der Waals surface area contributed by atoms with Crippen LogP contribution >= 0.6 is 0 Å². The minimum absolute atomic E-state index is 0.0233. The Balaban J connectivity index is 2.13. The fourth-order valence-electron chi connectivity index (χ4n) is 2.07. The van der Waals surface area contributed by atoms with Crippen molar-refractivity contribution in [2.24, 2.45) is 0 Å². The third kappa shape index (κ3) is 4.66. The molecule has 0 atom stereocenters. The van der Waals surface area contributed by atoms with Gasteiger partial charge in [0.1, 0.15) is 17.6 Å². The zero-order valence-electron chi connectivity index (χ0n) is 13.0. The van der Waals surface area contributed by atoms with E-state index in [0.29, 0.717) is 5.76 Å². The van der Waals surface area contributed by atoms with E-state index >= 15 is 0 Å². The van der Waals surface area contributed by atoms with Gasteiger partial charge in [0.2, 0.25) is 0 Å². The second-order valence-electron chi connectivity index (χ2n) is 4.97. The second kappa shape index (κ2) is 8.27. The number of hydrogen-bond acceptors (Lipinski definition) is 5. The Hall–Kier alpha value is -3.65. The van der Waals surface area contributed by atoms with Gasteiger partial charge in [0, 0.05) is 6.54 Å². The van der Waals surface area contributed by atoms with E-state index in [1.807, 2.05) is 6.07 Å². The Morgan fingerprint density at radius 2 is 2.08 bits per heavy atom. The molecule has 8 heteroatoms. The summed E-state index contributed by atoms with van der Waals surface area (Å²) in [6.07, 6.45) is 1.47. The number of furan rings is 1. The molecule has 126 valence electrons. The minimum Gasteiger partial charge on any atom is -0.467 e. The number of benzene rings is 1. The van der Waals surface area contributed by atoms with E-state index in [9.17, 15) is 14.0 Å². The van der Waals surface area contributed by atoms with E-state index in [-0.39, 0.29) is 30.8 Å². The molecule has 0 bridgehead atoms. The number of rotatable bonds is 5. The van der Waals surface area contributed by atoms with Crippen LogP contribution in [0.5, 0.6) is 0 Å². The Kier molecular flexibility index (Phi) is 5.86. The molecule has 1 aromatic heterocycles. The minimum atomic E-state index is -0.993. The van der Waals surface area contributed by atoms with Gasteiger partial charge in [0.25, 0.3) is 0 Å². The summed E-state index contributed by atoms with van der Waals surface area (Å²) in [5, 5.41) is 20.0. The lowest BCUT2D eigenvalue weighted by molar-refractivity contribution is -0.143. The molecule has 0 unspecified atom stereocenters. The highest BCUT2D eigenvalue weighted by Gasteiger charge is 2.23. The number of hydrogen-bond donors (Lipinski definition) is 1. The summed E-state index contributed by atoms with van der Waals surface area (Å²) < 4.78 is 18.3. The van der Waals surface area contributed by atoms with Crippen LogP contribution in [0, 0.1) is 28.5 Å². The van der Waals surface area contributed by atoms with Gasteiger partial charge in [-0.3, -0.25) is 9.59 Å². The first-order valence-corrected chi connectivity index (χ1v) is 7.24. The van der Waals surface area contributed by atoms with Crippen LogP contribution in [0.2, 0.25) is 0 Å². The van der Waals surface area contributed by atoms with Crippen molar-refractivity contribution in [1.82, 2.24) is 4.90 Å². The molecule has 1 aromatic carbocycles. The highest BCUT2D eigenvalue weighted by atomic mass is 19.1. The average molecular weight is 340 g/mol. The second-order valence-corrected chi connectivity index (χ2v) is 4.97. The van der Waals surface area contributed by atoms with Gasteiger partial charge in [0.05, 0.1) is 36.5 Å². The van der Waals surface area contributed by atoms with Crippen molar-refractivity contribution in [2.45, 2.75) is 13.0 Å². The first-order chi connectivity index (χ1) is 12.0. The smallest absolute Gasteiger partial charge is 0.313 e. The molecule has 7 nitrogen and oxygen atoms in total. The molecule has 2 rings (SSSR count). The van der Waals surface area contributed by atoms with E-state index < -0.39 is 17.6 Å². The first kappa shape index (κ1) is 17.7. The van der Waals surface area contributed by atoms with Gasteiger partial charge in [-0.25, -0.2) is 4.39 Å². The fraction of sp³-hybridized carbons (Fsp3) is 0.176. The fourth-order valence-corrected chi connectivity index (χ4v) is 2.07. The van der Waals surface area contributed by atoms with Gasteiger partial charge < -0.3 is 14.6 Å². The van der Waals surface area contributed by atoms with Gasteiger partial charge in [0.15, 0.2) is 0 Å². The number of amides is 2. The lowest BCUT2D eigenvalue weighted by Gasteiger charge is -2.20. The van der Waals surface area contributed by atoms with Crippen LogP contribution in [0.4, 0.5) is 10.1 Å². The van der Waals surface area contributed by atoms with Gasteiger partial charge in [-0.05, 0) is 30.3 Å². The normalized spacial score (nSPS) is 9.72. The number of anilines is 1. The van der Waals surface area contributed by atoms with Gasteiger partial charge >= 0.3 is 11.8 Å². The maximum atomic E-state index is 13.1. The summed E-state index contributed by atoms with van der Waals surface area (Å²) in [6.45, 7) is 0.0629. The van der Waals surface area contributed by atoms with Gasteiger partial charge in [-0.15, -0.1) is 0 Å². The van der Waals surface area contributed by atoms with Crippen molar-refractivity contribution in [3.8, 4) is 12.1 Å². The maximum absolute atomic E-state index is 13.1. The highest BCUT2D eigenvalue weighted by molar-refractivity contribution is 6.39. The molecule has 0 radical (unpaired) electrons. The zero-order valence-corrected chi connectivity index (χ0v) is 13.0. The summed E-state index contributed by atoms with van der Waals surface area (Å²) >= 11 is 0. The highest BCUT2D eigenvalue weighted by Crippen LogP contribution is 2.16. The first-order valence-electron chi connectivity index (χ1n) is 7.24. The summed E-state index contributed by atoms with van der Waals surface area (Å²) in [6, 6.07) is 10.1. The molecule has 0 saturated carbocycles. The number of halogens is 1. The van der Waals surface area contributed by atoms with Gasteiger partial charge in [-0.1, -0.05) is 0 Å². The van der Waals surface area contributed by atoms with Crippen LogP contribution in [0.15, 0.2) is 41.0 Å². The summed E-state index contributed by atoms with van der Waals surface area (Å²) in [5.41, 5.74) is -0.0729. The molecule has 0 spiro atoms. The number of carbonyl (C=O) groups excluding carboxylic acids is 2. The lowest BCUT2D eigenvalue weighted by Crippen LogP contribution is -2.39. The molecule has 0 aliphatic heterocycles. The third-order valence-corrected chi connectivity index (χ3v) is 3.25. The van der Waals surface area contributed by atoms with E-state index in [4.69, 9.17) is 14.9 Å². The molecular weight excluding hydrogens is 327 g/mol. The van der Waals surface area contributed by atoms with E-state index in [2.05, 4.69) is 5.32 Å². The van der Waals surface area contributed by atoms with Gasteiger partial charge in [-0.2, -0.15) is 10.5 Å². The van der Waals surface area contributed by atoms with Crippen LogP contribution in [0.1, 0.15) is 17.7 Å². The van der Waals surface area contributed by atoms with E-state index in [0.717, 1.165) is 17.0 Å². The van der Waals surface area contributed by atoms with Crippen LogP contribution in [-0.2, 0) is 16.1 Å². The van der Waals surface area contributed by atoms with E-state index in [1.54, 1.807) is 18.2 Å². The van der Waals surface area contributed by atoms with Crippen LogP contribution < -0.4 is 5.32 Å². The summed E-state index contributed by atoms with van der Waals surface area (Å²) in [5.74, 6) is -2.06. The Morgan fingerprint density at radius 1 is 1.28 bits per heavy atom. The summed E-state index contributed by atoms with van der Waals surface area (Å²) in [7, 11) is 0. The van der Waals surface area contributed by atoms with Crippen molar-refractivity contribution in [1.29, 1.82) is 10.5 Å². The topological polar surface area (TPSA) is 110 Å². The molecular formula is C17H13FN4O3. The molecule has 1 heterocycles. The number of nitriles is 2. The lowest BCUT2D eigenvalue weighted by atomic mass is 10.2. The molecule has 2 amide bonds. The SMILES string of the molecule is N#CCCN(Cc1ccco1)C(=O)C(=O)Nc1ccc(F)cc1C#N. The predicted molar refractivity (Wildman–Crippen MR) is 84.1 cm³/mol. The van der Waals surface area contributed by atoms with Crippen LogP contribution in [0.3, 0.4) is 0 Å². The van der Waals surface area contributed by atoms with Crippen molar-refractivity contribution in [2.75, 3.05) is 11.9 Å². The molecule has 0 saturated heterocycles. The average Bonchev–Trinajstić information content (AvgIpc) is 3.12. The molecule has 0 aliphatic carbocycles. The standard InChI is InChI=1S/C17H13FN4O3/c18-13-4-5-15(12(9-13)10-20)21-16(23)17(24)22(7-2-6-19)11-14-3-1-8-25-14/h1,3-5,8-9H,2,7,11H2,(H,21,23). The number of carbonyl (C=O) groups is 2. The van der Waals surface area contributed by atoms with E-state index in [1.165, 1.54) is 12.3 Å². The Bertz CT molecular complexity index is 850. The van der Waals surface area contributed by atoms with Crippen molar-refractivity contribution >= 4 is 17.5 Å². The largest absolute Gasteiger partial charge is 0.467 e. The quantitative estimate of drug-likeness (QED) is 0.839. The van der Waals surface area contributed by atoms with Crippen LogP contribution in [-0.4, -0.2) is 23.3 Å². The van der Waals surface area contributed by atoms with Crippen LogP contribution in [0.25, 0.3) is 0 Å². The Labute approximate surface area is 142 Å². The van der Waals surface area contributed by atoms with Crippen molar-refractivity contribution < 1.29 is 18.4 Å². The number of nitrogens with zero attached hydrogens (tertiary/aromatic N) is 3. The monoisotopic (exact) mass is 340 g/mol. The van der Waals surface area contributed by atoms with Crippen molar-refractivity contribution in [3.63, 3.8) is 0 Å². The molecule has 1 N–H and O–H groups in total. The predicted octanol–water partition coefficient (Wildman–Crippen LogP) is 2.17. The maximum Gasteiger partial charge on any atom is 0.313 e. The molecule has 25 heavy (non-hydrogen) atoms. The third-order valence-electron chi connectivity index (χ3n) is 3.25. The molecule has 0 fully saturated rings. The van der Waals surface area contributed by atoms with Crippen molar-refractivity contribution in [3.05, 3.63) is 53.7 Å². The Morgan fingerprint density at radius 3 is 2.72 bits per heavy atom. The summed E-state index contributed by atoms with van der Waals surface area (Å²) in [4.78, 5) is 25.7. The molecule has 0 aliphatic rings. The number of nitrogens with one attached hydrogen (secondary N) is 1. The molecule has 2 aromatic rings.